The van der Waals surface area contributed by atoms with Crippen LogP contribution in [0.4, 0.5) is 4.79 Å². The van der Waals surface area contributed by atoms with Gasteiger partial charge in [-0.15, -0.1) is 8.93 Å². The molecule has 0 saturated carbocycles. The number of fused-ring (bicyclic) bond motifs is 3. The normalized spacial score (nSPS) is 14.1. The highest BCUT2D eigenvalue weighted by atomic mass is 127. The molecule has 0 bridgehead atoms. The van der Waals surface area contributed by atoms with Gasteiger partial charge in [0, 0.05) is 12.3 Å². The first-order chi connectivity index (χ1) is 16.3. The maximum atomic E-state index is 12.8. The summed E-state index contributed by atoms with van der Waals surface area (Å²) in [6.07, 6.45) is -0.412. The van der Waals surface area contributed by atoms with Crippen molar-refractivity contribution in [1.82, 2.24) is 5.32 Å². The van der Waals surface area contributed by atoms with Gasteiger partial charge < -0.3 is 15.2 Å². The average molecular weight is 713 g/mol. The molecule has 3 unspecified atom stereocenters. The van der Waals surface area contributed by atoms with Crippen molar-refractivity contribution in [3.05, 3.63) is 84.5 Å². The van der Waals surface area contributed by atoms with E-state index < -0.39 is 19.6 Å². The summed E-state index contributed by atoms with van der Waals surface area (Å²) in [5.41, 5.74) is 5.08. The molecule has 0 fully saturated rings. The molecule has 3 aromatic rings. The number of benzene rings is 3. The fourth-order valence-electron chi connectivity index (χ4n) is 4.13. The number of nitrogens with one attached hydrogen (secondary N) is 1. The third-order valence-corrected chi connectivity index (χ3v) is 8.93. The molecule has 0 aliphatic heterocycles. The molecule has 4 rings (SSSR count). The summed E-state index contributed by atoms with van der Waals surface area (Å²) in [6, 6.07) is 19.0. The Bertz CT molecular complexity index is 1190. The van der Waals surface area contributed by atoms with Crippen molar-refractivity contribution in [3.63, 3.8) is 0 Å². The first kappa shape index (κ1) is 25.9. The van der Waals surface area contributed by atoms with E-state index in [1.54, 1.807) is 12.1 Å². The Hall–Kier alpha value is -1.22. The molecule has 3 atom stereocenters. The van der Waals surface area contributed by atoms with Crippen LogP contribution >= 0.6 is 61.6 Å². The SMILES string of the molecule is [B]P(P)C(=O)C(Cc1cc(I)c(O)c(I)c1)NC(=O)OCC1c2ccccc2-c2ccccc21. The van der Waals surface area contributed by atoms with Crippen molar-refractivity contribution in [2.45, 2.75) is 18.4 Å². The van der Waals surface area contributed by atoms with Gasteiger partial charge in [-0.1, -0.05) is 56.0 Å². The van der Waals surface area contributed by atoms with Crippen LogP contribution in [0.15, 0.2) is 60.7 Å². The van der Waals surface area contributed by atoms with Gasteiger partial charge in [0.05, 0.1) is 13.2 Å². The van der Waals surface area contributed by atoms with Gasteiger partial charge in [-0.3, -0.25) is 4.79 Å². The molecule has 5 nitrogen and oxygen atoms in total. The molecule has 2 N–H and O–H groups in total. The summed E-state index contributed by atoms with van der Waals surface area (Å²) >= 11 is 4.07. The third-order valence-electron chi connectivity index (χ3n) is 5.70. The van der Waals surface area contributed by atoms with Crippen molar-refractivity contribution >= 4 is 80.8 Å². The van der Waals surface area contributed by atoms with Crippen LogP contribution in [-0.4, -0.2) is 36.9 Å². The molecular formula is C24H20BI2NO4P2. The van der Waals surface area contributed by atoms with E-state index in [4.69, 9.17) is 12.3 Å². The second kappa shape index (κ2) is 11.2. The lowest BCUT2D eigenvalue weighted by Crippen LogP contribution is -2.42. The number of alkyl carbamates (subject to hydrolysis) is 1. The van der Waals surface area contributed by atoms with Gasteiger partial charge in [0.25, 0.3) is 0 Å². The molecule has 34 heavy (non-hydrogen) atoms. The number of ether oxygens (including phenoxy) is 1. The Morgan fingerprint density at radius 2 is 1.59 bits per heavy atom. The maximum Gasteiger partial charge on any atom is 0.407 e. The molecule has 1 amide bonds. The van der Waals surface area contributed by atoms with Crippen molar-refractivity contribution in [2.75, 3.05) is 6.61 Å². The predicted octanol–water partition coefficient (Wildman–Crippen LogP) is 5.93. The molecule has 1 aliphatic carbocycles. The Balaban J connectivity index is 1.48. The van der Waals surface area contributed by atoms with Crippen LogP contribution in [-0.2, 0) is 16.0 Å². The molecule has 172 valence electrons. The fraction of sp³-hybridized carbons (Fsp3) is 0.167. The zero-order valence-corrected chi connectivity index (χ0v) is 24.2. The number of carbonyl (C=O) groups is 2. The lowest BCUT2D eigenvalue weighted by atomic mass is 9.98. The standard InChI is InChI=1S/C24H20BI2NO4P2/c25-34(33)23(30)21(11-13-9-19(26)22(29)20(27)10-13)28-24(31)32-12-18-16-7-3-1-5-14(16)15-6-2-4-8-17(15)18/h1-10,18,21,29H,11-12,33H2,(H,28,31). The highest BCUT2D eigenvalue weighted by Gasteiger charge is 2.30. The van der Waals surface area contributed by atoms with E-state index in [-0.39, 0.29) is 30.2 Å². The van der Waals surface area contributed by atoms with E-state index in [0.29, 0.717) is 7.14 Å². The van der Waals surface area contributed by atoms with E-state index in [1.807, 2.05) is 69.4 Å². The number of halogens is 2. The largest absolute Gasteiger partial charge is 0.506 e. The van der Waals surface area contributed by atoms with Crippen LogP contribution in [0.25, 0.3) is 11.1 Å². The first-order valence-corrected chi connectivity index (χ1v) is 15.6. The Morgan fingerprint density at radius 1 is 1.06 bits per heavy atom. The van der Waals surface area contributed by atoms with E-state index >= 15 is 0 Å². The van der Waals surface area contributed by atoms with Gasteiger partial charge in [-0.25, -0.2) is 4.79 Å². The summed E-state index contributed by atoms with van der Waals surface area (Å²) < 4.78 is 6.97. The van der Waals surface area contributed by atoms with Crippen LogP contribution in [0, 0.1) is 7.14 Å². The van der Waals surface area contributed by atoms with Gasteiger partial charge >= 0.3 is 6.09 Å². The minimum atomic E-state index is -1.48. The van der Waals surface area contributed by atoms with Crippen molar-refractivity contribution in [1.29, 1.82) is 0 Å². The van der Waals surface area contributed by atoms with Crippen LogP contribution in [0.2, 0.25) is 0 Å². The van der Waals surface area contributed by atoms with Gasteiger partial charge in [0.15, 0.2) is 5.52 Å². The van der Waals surface area contributed by atoms with Crippen molar-refractivity contribution in [2.24, 2.45) is 0 Å². The monoisotopic (exact) mass is 713 g/mol. The smallest absolute Gasteiger partial charge is 0.407 e. The molecule has 2 radical (unpaired) electrons. The van der Waals surface area contributed by atoms with Crippen LogP contribution in [0.1, 0.15) is 22.6 Å². The quantitative estimate of drug-likeness (QED) is 0.181. The number of hydrogen-bond donors (Lipinski definition) is 2. The Labute approximate surface area is 230 Å². The summed E-state index contributed by atoms with van der Waals surface area (Å²) in [5, 5.41) is 12.7. The topological polar surface area (TPSA) is 75.6 Å². The second-order valence-electron chi connectivity index (χ2n) is 7.88. The van der Waals surface area contributed by atoms with Crippen molar-refractivity contribution in [3.8, 4) is 16.9 Å². The van der Waals surface area contributed by atoms with Gasteiger partial charge in [0.2, 0.25) is 0 Å². The summed E-state index contributed by atoms with van der Waals surface area (Å²) in [4.78, 5) is 25.5. The molecule has 1 aliphatic rings. The summed E-state index contributed by atoms with van der Waals surface area (Å²) in [5.74, 6) is 0.130. The van der Waals surface area contributed by atoms with Crippen LogP contribution in [0.3, 0.4) is 0 Å². The molecular weight excluding hydrogens is 693 g/mol. The molecule has 0 spiro atoms. The minimum absolute atomic E-state index is 0.0686. The van der Waals surface area contributed by atoms with Crippen LogP contribution < -0.4 is 5.32 Å². The molecule has 3 aromatic carbocycles. The van der Waals surface area contributed by atoms with E-state index in [1.165, 1.54) is 0 Å². The Kier molecular flexibility index (Phi) is 8.55. The summed E-state index contributed by atoms with van der Waals surface area (Å²) in [6.45, 7) is 0.161. The van der Waals surface area contributed by atoms with Crippen molar-refractivity contribution < 1.29 is 19.4 Å². The van der Waals surface area contributed by atoms with Gasteiger partial charge in [-0.2, -0.15) is 0 Å². The van der Waals surface area contributed by atoms with Gasteiger partial charge in [-0.05, 0) is 85.1 Å². The Morgan fingerprint density at radius 3 is 2.12 bits per heavy atom. The molecule has 0 saturated heterocycles. The zero-order chi connectivity index (χ0) is 24.4. The molecule has 0 aromatic heterocycles. The lowest BCUT2D eigenvalue weighted by Gasteiger charge is -2.21. The average Bonchev–Trinajstić information content (AvgIpc) is 3.14. The number of amides is 1. The zero-order valence-electron chi connectivity index (χ0n) is 17.9. The van der Waals surface area contributed by atoms with E-state index in [0.717, 1.165) is 27.8 Å². The third kappa shape index (κ3) is 5.61. The van der Waals surface area contributed by atoms with Crippen LogP contribution in [0.5, 0.6) is 5.75 Å². The fourth-order valence-corrected chi connectivity index (χ4v) is 7.09. The highest BCUT2D eigenvalue weighted by molar-refractivity contribution is 14.1. The first-order valence-electron chi connectivity index (χ1n) is 10.4. The minimum Gasteiger partial charge on any atom is -0.506 e. The number of phenolic OH excluding ortho intramolecular Hbond substituents is 1. The highest BCUT2D eigenvalue weighted by Crippen LogP contribution is 2.44. The van der Waals surface area contributed by atoms with E-state index in [2.05, 4.69) is 38.5 Å². The number of carbonyl (C=O) groups excluding carboxylic acids is 2. The van der Waals surface area contributed by atoms with E-state index in [9.17, 15) is 14.7 Å². The maximum absolute atomic E-state index is 12.8. The van der Waals surface area contributed by atoms with Gasteiger partial charge in [0.1, 0.15) is 19.9 Å². The number of phenols is 1. The number of rotatable bonds is 7. The summed E-state index contributed by atoms with van der Waals surface area (Å²) in [7, 11) is 6.72. The lowest BCUT2D eigenvalue weighted by molar-refractivity contribution is -0.113. The number of aromatic hydroxyl groups is 1. The molecule has 0 heterocycles. The predicted molar refractivity (Wildman–Crippen MR) is 157 cm³/mol. The number of hydrogen-bond acceptors (Lipinski definition) is 4. The second-order valence-corrected chi connectivity index (χ2v) is 13.1. The molecule has 10 heteroatoms.